The van der Waals surface area contributed by atoms with E-state index in [0.29, 0.717) is 0 Å². The highest BCUT2D eigenvalue weighted by Gasteiger charge is 2.21. The second-order valence-electron chi connectivity index (χ2n) is 3.90. The summed E-state index contributed by atoms with van der Waals surface area (Å²) in [4.78, 5) is 2.27. The van der Waals surface area contributed by atoms with Crippen LogP contribution in [0.4, 0.5) is 0 Å². The van der Waals surface area contributed by atoms with Crippen molar-refractivity contribution in [2.75, 3.05) is 32.9 Å². The number of hydrogen-bond donors (Lipinski definition) is 1. The minimum absolute atomic E-state index is 0.0944. The fraction of sp³-hybridized carbons (Fsp3) is 0.500. The van der Waals surface area contributed by atoms with E-state index in [0.717, 1.165) is 36.3 Å². The van der Waals surface area contributed by atoms with Gasteiger partial charge in [0.25, 0.3) is 0 Å². The van der Waals surface area contributed by atoms with Crippen LogP contribution in [0.5, 0.6) is 0 Å². The third-order valence-electron chi connectivity index (χ3n) is 2.91. The summed E-state index contributed by atoms with van der Waals surface area (Å²) in [6.45, 7) is 3.45. The monoisotopic (exact) mass is 285 g/mol. The van der Waals surface area contributed by atoms with Gasteiger partial charge in [0.05, 0.1) is 25.9 Å². The van der Waals surface area contributed by atoms with E-state index in [-0.39, 0.29) is 12.6 Å². The van der Waals surface area contributed by atoms with Crippen molar-refractivity contribution in [3.05, 3.63) is 34.3 Å². The van der Waals surface area contributed by atoms with Crippen molar-refractivity contribution in [3.63, 3.8) is 0 Å². The average molecular weight is 286 g/mol. The molecule has 4 heteroatoms. The first kappa shape index (κ1) is 12.0. The van der Waals surface area contributed by atoms with Crippen LogP contribution >= 0.6 is 15.9 Å². The summed E-state index contributed by atoms with van der Waals surface area (Å²) >= 11 is 3.42. The zero-order chi connectivity index (χ0) is 11.4. The molecule has 1 aliphatic heterocycles. The van der Waals surface area contributed by atoms with E-state index in [4.69, 9.17) is 4.74 Å². The van der Waals surface area contributed by atoms with Gasteiger partial charge in [0.15, 0.2) is 0 Å². The Morgan fingerprint density at radius 1 is 1.25 bits per heavy atom. The van der Waals surface area contributed by atoms with Gasteiger partial charge in [0.2, 0.25) is 0 Å². The molecule has 0 aromatic heterocycles. The van der Waals surface area contributed by atoms with Gasteiger partial charge in [-0.1, -0.05) is 28.1 Å². The second kappa shape index (κ2) is 5.77. The van der Waals surface area contributed by atoms with E-state index >= 15 is 0 Å². The van der Waals surface area contributed by atoms with Gasteiger partial charge in [-0.3, -0.25) is 4.90 Å². The average Bonchev–Trinajstić information content (AvgIpc) is 2.34. The number of benzene rings is 1. The molecule has 1 fully saturated rings. The molecule has 2 rings (SSSR count). The normalized spacial score (nSPS) is 19.6. The summed E-state index contributed by atoms with van der Waals surface area (Å²) in [5.41, 5.74) is 1.16. The quantitative estimate of drug-likeness (QED) is 0.920. The number of aliphatic hydroxyl groups excluding tert-OH is 1. The Labute approximate surface area is 104 Å². The van der Waals surface area contributed by atoms with Gasteiger partial charge in [-0.15, -0.1) is 0 Å². The van der Waals surface area contributed by atoms with Gasteiger partial charge in [0, 0.05) is 17.6 Å². The predicted octanol–water partition coefficient (Wildman–Crippen LogP) is 1.81. The molecule has 0 amide bonds. The number of morpholine rings is 1. The number of nitrogens with zero attached hydrogens (tertiary/aromatic N) is 1. The third kappa shape index (κ3) is 2.83. The molecule has 1 aromatic rings. The minimum Gasteiger partial charge on any atom is -0.394 e. The first-order valence-electron chi connectivity index (χ1n) is 5.49. The van der Waals surface area contributed by atoms with Crippen LogP contribution in [0.25, 0.3) is 0 Å². The second-order valence-corrected chi connectivity index (χ2v) is 4.81. The van der Waals surface area contributed by atoms with Crippen LogP contribution < -0.4 is 0 Å². The topological polar surface area (TPSA) is 32.7 Å². The fourth-order valence-electron chi connectivity index (χ4n) is 2.01. The predicted molar refractivity (Wildman–Crippen MR) is 66.4 cm³/mol. The Kier molecular flexibility index (Phi) is 4.35. The van der Waals surface area contributed by atoms with E-state index in [9.17, 15) is 5.11 Å². The lowest BCUT2D eigenvalue weighted by Crippen LogP contribution is -2.40. The van der Waals surface area contributed by atoms with Gasteiger partial charge in [-0.05, 0) is 17.7 Å². The molecular weight excluding hydrogens is 270 g/mol. The van der Waals surface area contributed by atoms with Gasteiger partial charge in [-0.2, -0.15) is 0 Å². The Hall–Kier alpha value is -0.420. The van der Waals surface area contributed by atoms with Gasteiger partial charge in [0.1, 0.15) is 0 Å². The zero-order valence-electron chi connectivity index (χ0n) is 9.10. The highest BCUT2D eigenvalue weighted by molar-refractivity contribution is 9.10. The summed E-state index contributed by atoms with van der Waals surface area (Å²) < 4.78 is 6.38. The van der Waals surface area contributed by atoms with E-state index < -0.39 is 0 Å². The lowest BCUT2D eigenvalue weighted by Gasteiger charge is -2.33. The Morgan fingerprint density at radius 2 is 1.88 bits per heavy atom. The Morgan fingerprint density at radius 3 is 2.44 bits per heavy atom. The van der Waals surface area contributed by atoms with Crippen molar-refractivity contribution in [1.29, 1.82) is 0 Å². The number of hydrogen-bond acceptors (Lipinski definition) is 3. The van der Waals surface area contributed by atoms with Crippen molar-refractivity contribution >= 4 is 15.9 Å². The van der Waals surface area contributed by atoms with E-state index in [1.165, 1.54) is 0 Å². The van der Waals surface area contributed by atoms with Crippen molar-refractivity contribution in [1.82, 2.24) is 4.90 Å². The highest BCUT2D eigenvalue weighted by atomic mass is 79.9. The van der Waals surface area contributed by atoms with Gasteiger partial charge in [-0.25, -0.2) is 0 Å². The maximum Gasteiger partial charge on any atom is 0.0628 e. The molecule has 0 unspecified atom stereocenters. The van der Waals surface area contributed by atoms with Gasteiger partial charge >= 0.3 is 0 Å². The Balaban J connectivity index is 2.11. The van der Waals surface area contributed by atoms with Crippen LogP contribution in [0.1, 0.15) is 11.6 Å². The van der Waals surface area contributed by atoms with E-state index in [1.807, 2.05) is 12.1 Å². The molecule has 16 heavy (non-hydrogen) atoms. The molecule has 0 saturated carbocycles. The smallest absolute Gasteiger partial charge is 0.0628 e. The molecule has 0 aliphatic carbocycles. The van der Waals surface area contributed by atoms with Crippen LogP contribution in [-0.4, -0.2) is 42.9 Å². The molecule has 1 aromatic carbocycles. The maximum atomic E-state index is 9.51. The van der Waals surface area contributed by atoms with Crippen LogP contribution in [0.2, 0.25) is 0 Å². The molecule has 1 saturated heterocycles. The molecule has 0 spiro atoms. The van der Waals surface area contributed by atoms with Crippen molar-refractivity contribution < 1.29 is 9.84 Å². The molecule has 88 valence electrons. The maximum absolute atomic E-state index is 9.51. The number of halogens is 1. The van der Waals surface area contributed by atoms with Crippen molar-refractivity contribution in [2.45, 2.75) is 6.04 Å². The van der Waals surface area contributed by atoms with E-state index in [2.05, 4.69) is 33.0 Å². The first-order valence-corrected chi connectivity index (χ1v) is 6.28. The molecule has 3 nitrogen and oxygen atoms in total. The largest absolute Gasteiger partial charge is 0.394 e. The summed E-state index contributed by atoms with van der Waals surface area (Å²) in [6.07, 6.45) is 0. The standard InChI is InChI=1S/C12H16BrNO2/c13-11-3-1-10(2-4-11)12(9-15)14-5-7-16-8-6-14/h1-4,12,15H,5-9H2/t12-/m0/s1. The zero-order valence-corrected chi connectivity index (χ0v) is 10.7. The lowest BCUT2D eigenvalue weighted by atomic mass is 10.1. The van der Waals surface area contributed by atoms with E-state index in [1.54, 1.807) is 0 Å². The molecule has 1 aliphatic rings. The van der Waals surface area contributed by atoms with Crippen LogP contribution in [0.3, 0.4) is 0 Å². The summed E-state index contributed by atoms with van der Waals surface area (Å²) in [5.74, 6) is 0. The summed E-state index contributed by atoms with van der Waals surface area (Å²) in [7, 11) is 0. The molecule has 1 heterocycles. The van der Waals surface area contributed by atoms with Crippen LogP contribution in [0, 0.1) is 0 Å². The van der Waals surface area contributed by atoms with Crippen LogP contribution in [-0.2, 0) is 4.74 Å². The van der Waals surface area contributed by atoms with Gasteiger partial charge < -0.3 is 9.84 Å². The number of rotatable bonds is 3. The molecule has 1 atom stereocenters. The lowest BCUT2D eigenvalue weighted by molar-refractivity contribution is 0.00259. The molecular formula is C12H16BrNO2. The number of aliphatic hydroxyl groups is 1. The van der Waals surface area contributed by atoms with Crippen molar-refractivity contribution in [2.24, 2.45) is 0 Å². The fourth-order valence-corrected chi connectivity index (χ4v) is 2.27. The summed E-state index contributed by atoms with van der Waals surface area (Å²) in [6, 6.07) is 8.23. The Bertz CT molecular complexity index is 322. The molecule has 1 N–H and O–H groups in total. The third-order valence-corrected chi connectivity index (χ3v) is 3.44. The number of ether oxygens (including phenoxy) is 1. The molecule has 0 radical (unpaired) electrons. The van der Waals surface area contributed by atoms with Crippen LogP contribution in [0.15, 0.2) is 28.7 Å². The summed E-state index contributed by atoms with van der Waals surface area (Å²) in [5, 5.41) is 9.51. The van der Waals surface area contributed by atoms with Crippen molar-refractivity contribution in [3.8, 4) is 0 Å². The molecule has 0 bridgehead atoms. The first-order chi connectivity index (χ1) is 7.81. The highest BCUT2D eigenvalue weighted by Crippen LogP contribution is 2.22. The SMILES string of the molecule is OC[C@@H](c1ccc(Br)cc1)N1CCOCC1. The minimum atomic E-state index is 0.0944.